The molecule has 9 heteroatoms. The van der Waals surface area contributed by atoms with Gasteiger partial charge in [0.25, 0.3) is 0 Å². The fraction of sp³-hybridized carbons (Fsp3) is 0.316. The van der Waals surface area contributed by atoms with Crippen molar-refractivity contribution in [3.8, 4) is 5.82 Å². The van der Waals surface area contributed by atoms with Gasteiger partial charge in [-0.15, -0.1) is 0 Å². The van der Waals surface area contributed by atoms with Crippen LogP contribution >= 0.6 is 0 Å². The number of aromatic nitrogens is 4. The monoisotopic (exact) mass is 398 g/mol. The molecule has 1 aliphatic rings. The van der Waals surface area contributed by atoms with Crippen LogP contribution in [0.2, 0.25) is 0 Å². The third-order valence-electron chi connectivity index (χ3n) is 4.77. The number of hydrogen-bond donors (Lipinski definition) is 0. The number of hydrogen-bond acceptors (Lipinski definition) is 6. The van der Waals surface area contributed by atoms with E-state index < -0.39 is 10.0 Å². The second kappa shape index (κ2) is 7.33. The van der Waals surface area contributed by atoms with Gasteiger partial charge in [0.05, 0.1) is 4.90 Å². The molecular weight excluding hydrogens is 376 g/mol. The highest BCUT2D eigenvalue weighted by Gasteiger charge is 2.29. The van der Waals surface area contributed by atoms with E-state index in [-0.39, 0.29) is 0 Å². The van der Waals surface area contributed by atoms with Gasteiger partial charge in [0, 0.05) is 44.6 Å². The Morgan fingerprint density at radius 3 is 2.25 bits per heavy atom. The van der Waals surface area contributed by atoms with Gasteiger partial charge in [0.15, 0.2) is 5.82 Å². The summed E-state index contributed by atoms with van der Waals surface area (Å²) in [5.74, 6) is 2.13. The van der Waals surface area contributed by atoms with Crippen molar-refractivity contribution in [1.82, 2.24) is 24.1 Å². The smallest absolute Gasteiger partial charge is 0.243 e. The highest BCUT2D eigenvalue weighted by Crippen LogP contribution is 2.21. The molecule has 3 aromatic rings. The molecule has 0 radical (unpaired) electrons. The van der Waals surface area contributed by atoms with E-state index in [9.17, 15) is 8.42 Å². The van der Waals surface area contributed by atoms with E-state index in [0.29, 0.717) is 42.7 Å². The molecule has 1 saturated heterocycles. The van der Waals surface area contributed by atoms with E-state index in [1.54, 1.807) is 23.0 Å². The highest BCUT2D eigenvalue weighted by atomic mass is 32.2. The molecule has 0 N–H and O–H groups in total. The third kappa shape index (κ3) is 3.63. The molecule has 8 nitrogen and oxygen atoms in total. The number of anilines is 1. The molecule has 0 atom stereocenters. The molecule has 0 unspecified atom stereocenters. The molecule has 2 aromatic heterocycles. The number of sulfonamides is 1. The Kier molecular flexibility index (Phi) is 4.86. The van der Waals surface area contributed by atoms with Gasteiger partial charge in [0.1, 0.15) is 11.6 Å². The van der Waals surface area contributed by atoms with Crippen LogP contribution in [0.15, 0.2) is 53.7 Å². The van der Waals surface area contributed by atoms with Crippen molar-refractivity contribution in [3.05, 3.63) is 60.2 Å². The minimum atomic E-state index is -3.48. The van der Waals surface area contributed by atoms with Crippen LogP contribution in [0.1, 0.15) is 11.4 Å². The van der Waals surface area contributed by atoms with E-state index in [4.69, 9.17) is 0 Å². The maximum absolute atomic E-state index is 12.9. The number of aryl methyl sites for hydroxylation is 2. The second-order valence-corrected chi connectivity index (χ2v) is 8.72. The van der Waals surface area contributed by atoms with Crippen molar-refractivity contribution in [2.24, 2.45) is 0 Å². The molecule has 1 aliphatic heterocycles. The largest absolute Gasteiger partial charge is 0.354 e. The summed E-state index contributed by atoms with van der Waals surface area (Å²) in [5.41, 5.74) is 1.04. The molecule has 4 rings (SSSR count). The maximum atomic E-state index is 12.9. The average Bonchev–Trinajstić information content (AvgIpc) is 3.23. The predicted octanol–water partition coefficient (Wildman–Crippen LogP) is 1.79. The lowest BCUT2D eigenvalue weighted by Crippen LogP contribution is -2.49. The summed E-state index contributed by atoms with van der Waals surface area (Å²) in [4.78, 5) is 11.4. The quantitative estimate of drug-likeness (QED) is 0.666. The normalized spacial score (nSPS) is 15.7. The van der Waals surface area contributed by atoms with Gasteiger partial charge in [0.2, 0.25) is 10.0 Å². The first-order chi connectivity index (χ1) is 13.4. The molecule has 0 amide bonds. The summed E-state index contributed by atoms with van der Waals surface area (Å²) in [6.45, 7) is 5.75. The van der Waals surface area contributed by atoms with E-state index in [2.05, 4.69) is 20.0 Å². The summed E-state index contributed by atoms with van der Waals surface area (Å²) in [5, 5.41) is 4.22. The van der Waals surface area contributed by atoms with E-state index in [0.717, 1.165) is 11.4 Å². The molecule has 1 aromatic carbocycles. The van der Waals surface area contributed by atoms with Crippen LogP contribution in [-0.4, -0.2) is 58.7 Å². The topological polar surface area (TPSA) is 84.2 Å². The lowest BCUT2D eigenvalue weighted by atomic mass is 10.2. The van der Waals surface area contributed by atoms with Crippen LogP contribution in [-0.2, 0) is 10.0 Å². The first-order valence-electron chi connectivity index (χ1n) is 9.11. The molecule has 1 fully saturated rings. The van der Waals surface area contributed by atoms with Crippen molar-refractivity contribution in [3.63, 3.8) is 0 Å². The minimum absolute atomic E-state index is 0.338. The highest BCUT2D eigenvalue weighted by molar-refractivity contribution is 7.89. The second-order valence-electron chi connectivity index (χ2n) is 6.79. The number of nitrogens with zero attached hydrogens (tertiary/aromatic N) is 6. The first kappa shape index (κ1) is 18.6. The third-order valence-corrected chi connectivity index (χ3v) is 6.68. The zero-order valence-electron chi connectivity index (χ0n) is 15.9. The van der Waals surface area contributed by atoms with Crippen molar-refractivity contribution >= 4 is 15.8 Å². The summed E-state index contributed by atoms with van der Waals surface area (Å²) < 4.78 is 29.0. The van der Waals surface area contributed by atoms with Crippen LogP contribution in [0.5, 0.6) is 0 Å². The molecule has 0 spiro atoms. The van der Waals surface area contributed by atoms with E-state index >= 15 is 0 Å². The van der Waals surface area contributed by atoms with Crippen molar-refractivity contribution < 1.29 is 8.42 Å². The Hall–Kier alpha value is -2.78. The Bertz CT molecular complexity index is 1060. The lowest BCUT2D eigenvalue weighted by Gasteiger charge is -2.34. The van der Waals surface area contributed by atoms with Crippen LogP contribution < -0.4 is 4.90 Å². The van der Waals surface area contributed by atoms with Gasteiger partial charge in [-0.2, -0.15) is 9.40 Å². The molecule has 0 bridgehead atoms. The fourth-order valence-corrected chi connectivity index (χ4v) is 4.66. The summed E-state index contributed by atoms with van der Waals surface area (Å²) in [6.07, 6.45) is 3.53. The molecule has 28 heavy (non-hydrogen) atoms. The van der Waals surface area contributed by atoms with Crippen molar-refractivity contribution in [2.75, 3.05) is 31.1 Å². The molecule has 146 valence electrons. The Morgan fingerprint density at radius 2 is 1.61 bits per heavy atom. The van der Waals surface area contributed by atoms with Gasteiger partial charge in [-0.05, 0) is 32.0 Å². The number of piperazine rings is 1. The maximum Gasteiger partial charge on any atom is 0.243 e. The lowest BCUT2D eigenvalue weighted by molar-refractivity contribution is 0.383. The summed E-state index contributed by atoms with van der Waals surface area (Å²) >= 11 is 0. The SMILES string of the molecule is Cc1ccc(S(=O)(=O)N2CCN(c3cc(-n4cccn4)nc(C)n3)CC2)cc1. The minimum Gasteiger partial charge on any atom is -0.354 e. The predicted molar refractivity (Wildman–Crippen MR) is 106 cm³/mol. The van der Waals surface area contributed by atoms with Crippen LogP contribution in [0.4, 0.5) is 5.82 Å². The van der Waals surface area contributed by atoms with Crippen molar-refractivity contribution in [2.45, 2.75) is 18.7 Å². The van der Waals surface area contributed by atoms with Crippen LogP contribution in [0, 0.1) is 13.8 Å². The first-order valence-corrected chi connectivity index (χ1v) is 10.5. The summed E-state index contributed by atoms with van der Waals surface area (Å²) in [6, 6.07) is 10.7. The van der Waals surface area contributed by atoms with Crippen LogP contribution in [0.3, 0.4) is 0 Å². The fourth-order valence-electron chi connectivity index (χ4n) is 3.24. The Labute approximate surface area is 164 Å². The van der Waals surface area contributed by atoms with Gasteiger partial charge in [-0.25, -0.2) is 23.1 Å². The number of benzene rings is 1. The molecule has 3 heterocycles. The van der Waals surface area contributed by atoms with E-state index in [1.807, 2.05) is 44.3 Å². The van der Waals surface area contributed by atoms with Gasteiger partial charge >= 0.3 is 0 Å². The zero-order valence-corrected chi connectivity index (χ0v) is 16.7. The van der Waals surface area contributed by atoms with Gasteiger partial charge in [-0.3, -0.25) is 0 Å². The van der Waals surface area contributed by atoms with Gasteiger partial charge < -0.3 is 4.90 Å². The van der Waals surface area contributed by atoms with Crippen LogP contribution in [0.25, 0.3) is 5.82 Å². The Balaban J connectivity index is 1.51. The summed E-state index contributed by atoms with van der Waals surface area (Å²) in [7, 11) is -3.48. The Morgan fingerprint density at radius 1 is 0.929 bits per heavy atom. The molecular formula is C19H22N6O2S. The standard InChI is InChI=1S/C19H22N6O2S/c1-15-4-6-17(7-5-15)28(26,27)24-12-10-23(11-13-24)18-14-19(22-16(2)21-18)25-9-3-8-20-25/h3-9,14H,10-13H2,1-2H3. The zero-order chi connectivity index (χ0) is 19.7. The molecule has 0 aliphatic carbocycles. The number of rotatable bonds is 4. The van der Waals surface area contributed by atoms with E-state index in [1.165, 1.54) is 4.31 Å². The van der Waals surface area contributed by atoms with Gasteiger partial charge in [-0.1, -0.05) is 17.7 Å². The molecule has 0 saturated carbocycles. The average molecular weight is 398 g/mol. The van der Waals surface area contributed by atoms with Crippen molar-refractivity contribution in [1.29, 1.82) is 0 Å².